The van der Waals surface area contributed by atoms with Crippen LogP contribution in [0.1, 0.15) is 25.1 Å². The molecule has 1 aromatic rings. The number of halogens is 2. The van der Waals surface area contributed by atoms with Gasteiger partial charge in [-0.15, -0.1) is 5.10 Å². The summed E-state index contributed by atoms with van der Waals surface area (Å²) in [5, 5.41) is 10.8. The van der Waals surface area contributed by atoms with E-state index in [0.717, 1.165) is 0 Å². The summed E-state index contributed by atoms with van der Waals surface area (Å²) >= 11 is 0. The second-order valence-electron chi connectivity index (χ2n) is 3.76. The van der Waals surface area contributed by atoms with Crippen molar-refractivity contribution in [3.63, 3.8) is 0 Å². The topological polar surface area (TPSA) is 43.6 Å². The largest absolute Gasteiger partial charge is 0.252 e. The van der Waals surface area contributed by atoms with Crippen LogP contribution in [0.15, 0.2) is 0 Å². The second kappa shape index (κ2) is 3.25. The first-order chi connectivity index (χ1) is 6.59. The Morgan fingerprint density at radius 3 is 2.86 bits per heavy atom. The Bertz CT molecular complexity index is 323. The van der Waals surface area contributed by atoms with E-state index in [2.05, 4.69) is 15.5 Å². The second-order valence-corrected chi connectivity index (χ2v) is 3.76. The highest BCUT2D eigenvalue weighted by atomic mass is 19.3. The zero-order valence-electron chi connectivity index (χ0n) is 7.95. The molecule has 0 N–H and O–H groups in total. The van der Waals surface area contributed by atoms with E-state index < -0.39 is 11.8 Å². The Morgan fingerprint density at radius 2 is 2.36 bits per heavy atom. The molecule has 1 aliphatic carbocycles. The molecule has 1 heterocycles. The van der Waals surface area contributed by atoms with Crippen LogP contribution in [-0.2, 0) is 6.54 Å². The molecule has 1 fully saturated rings. The van der Waals surface area contributed by atoms with E-state index >= 15 is 0 Å². The van der Waals surface area contributed by atoms with Crippen molar-refractivity contribution in [2.75, 3.05) is 0 Å². The third-order valence-electron chi connectivity index (χ3n) is 2.76. The molecule has 14 heavy (non-hydrogen) atoms. The van der Waals surface area contributed by atoms with E-state index in [1.807, 2.05) is 0 Å². The lowest BCUT2D eigenvalue weighted by Gasteiger charge is -2.18. The van der Waals surface area contributed by atoms with Gasteiger partial charge in [-0.05, 0) is 30.2 Å². The maximum absolute atomic E-state index is 13.3. The fraction of sp³-hybridized carbons (Fsp3) is 0.875. The Balaban J connectivity index is 2.08. The maximum Gasteiger partial charge on any atom is 0.252 e. The van der Waals surface area contributed by atoms with Crippen molar-refractivity contribution in [3.05, 3.63) is 5.82 Å². The molecular weight excluding hydrogens is 190 g/mol. The zero-order valence-corrected chi connectivity index (χ0v) is 7.95. The third-order valence-corrected chi connectivity index (χ3v) is 2.76. The summed E-state index contributed by atoms with van der Waals surface area (Å²) in [4.78, 5) is 0. The zero-order chi connectivity index (χ0) is 10.2. The van der Waals surface area contributed by atoms with Crippen molar-refractivity contribution in [2.45, 2.75) is 38.7 Å². The molecule has 0 spiro atoms. The highest BCUT2D eigenvalue weighted by molar-refractivity contribution is 4.85. The number of nitrogens with zero attached hydrogens (tertiary/aromatic N) is 4. The summed E-state index contributed by atoms with van der Waals surface area (Å²) in [6, 6.07) is 0. The first kappa shape index (κ1) is 9.48. The maximum atomic E-state index is 13.3. The fourth-order valence-electron chi connectivity index (χ4n) is 1.85. The van der Waals surface area contributed by atoms with E-state index in [-0.39, 0.29) is 13.0 Å². The SMILES string of the molecule is Cc1nnnn1CC1CCCC1(F)F. The Kier molecular flexibility index (Phi) is 2.20. The van der Waals surface area contributed by atoms with Gasteiger partial charge < -0.3 is 0 Å². The standard InChI is InChI=1S/C8H12F2N4/c1-6-11-12-13-14(6)5-7-3-2-4-8(7,9)10/h7H,2-5H2,1H3. The minimum absolute atomic E-state index is 0.00115. The lowest BCUT2D eigenvalue weighted by atomic mass is 10.1. The minimum atomic E-state index is -2.54. The van der Waals surface area contributed by atoms with Gasteiger partial charge in [0.05, 0.1) is 6.54 Å². The first-order valence-electron chi connectivity index (χ1n) is 4.70. The molecule has 0 radical (unpaired) electrons. The van der Waals surface area contributed by atoms with Gasteiger partial charge in [0, 0.05) is 12.3 Å². The van der Waals surface area contributed by atoms with Gasteiger partial charge in [0.25, 0.3) is 5.92 Å². The van der Waals surface area contributed by atoms with Crippen molar-refractivity contribution in [2.24, 2.45) is 5.92 Å². The van der Waals surface area contributed by atoms with Gasteiger partial charge in [0.15, 0.2) is 0 Å². The molecule has 1 saturated carbocycles. The van der Waals surface area contributed by atoms with Crippen molar-refractivity contribution < 1.29 is 8.78 Å². The van der Waals surface area contributed by atoms with E-state index in [4.69, 9.17) is 0 Å². The number of aryl methyl sites for hydroxylation is 1. The van der Waals surface area contributed by atoms with Gasteiger partial charge in [0.2, 0.25) is 0 Å². The van der Waals surface area contributed by atoms with Crippen LogP contribution < -0.4 is 0 Å². The Hall–Kier alpha value is -1.07. The van der Waals surface area contributed by atoms with Gasteiger partial charge in [0.1, 0.15) is 5.82 Å². The smallest absolute Gasteiger partial charge is 0.229 e. The molecule has 4 nitrogen and oxygen atoms in total. The normalized spacial score (nSPS) is 25.5. The van der Waals surface area contributed by atoms with Crippen molar-refractivity contribution >= 4 is 0 Å². The van der Waals surface area contributed by atoms with Crippen LogP contribution in [0.2, 0.25) is 0 Å². The quantitative estimate of drug-likeness (QED) is 0.728. The van der Waals surface area contributed by atoms with E-state index in [1.165, 1.54) is 4.68 Å². The summed E-state index contributed by atoms with van der Waals surface area (Å²) in [6.07, 6.45) is 1.16. The first-order valence-corrected chi connectivity index (χ1v) is 4.70. The Labute approximate surface area is 80.3 Å². The van der Waals surface area contributed by atoms with Crippen LogP contribution in [0, 0.1) is 12.8 Å². The summed E-state index contributed by atoms with van der Waals surface area (Å²) in [5.41, 5.74) is 0. The average molecular weight is 202 g/mol. The number of hydrogen-bond acceptors (Lipinski definition) is 3. The molecule has 0 aromatic carbocycles. The van der Waals surface area contributed by atoms with Crippen LogP contribution in [0.5, 0.6) is 0 Å². The van der Waals surface area contributed by atoms with Crippen molar-refractivity contribution in [3.8, 4) is 0 Å². The van der Waals surface area contributed by atoms with E-state index in [0.29, 0.717) is 18.7 Å². The summed E-state index contributed by atoms with van der Waals surface area (Å²) < 4.78 is 27.9. The highest BCUT2D eigenvalue weighted by Crippen LogP contribution is 2.40. The molecule has 0 saturated heterocycles. The highest BCUT2D eigenvalue weighted by Gasteiger charge is 2.44. The lowest BCUT2D eigenvalue weighted by molar-refractivity contribution is -0.0436. The molecule has 1 aliphatic rings. The number of rotatable bonds is 2. The average Bonchev–Trinajstić information content (AvgIpc) is 2.62. The molecule has 1 unspecified atom stereocenters. The fourth-order valence-corrected chi connectivity index (χ4v) is 1.85. The summed E-state index contributed by atoms with van der Waals surface area (Å²) in [5.74, 6) is -2.56. The van der Waals surface area contributed by atoms with Crippen LogP contribution in [-0.4, -0.2) is 26.1 Å². The van der Waals surface area contributed by atoms with Gasteiger partial charge in [-0.25, -0.2) is 13.5 Å². The van der Waals surface area contributed by atoms with Crippen LogP contribution in [0.4, 0.5) is 8.78 Å². The predicted octanol–water partition coefficient (Wildman–Crippen LogP) is 1.42. The predicted molar refractivity (Wildman–Crippen MR) is 44.8 cm³/mol. The molecular formula is C8H12F2N4. The van der Waals surface area contributed by atoms with E-state index in [9.17, 15) is 8.78 Å². The van der Waals surface area contributed by atoms with Crippen molar-refractivity contribution in [1.82, 2.24) is 20.2 Å². The van der Waals surface area contributed by atoms with Gasteiger partial charge in [-0.3, -0.25) is 0 Å². The van der Waals surface area contributed by atoms with Crippen LogP contribution >= 0.6 is 0 Å². The number of hydrogen-bond donors (Lipinski definition) is 0. The van der Waals surface area contributed by atoms with Gasteiger partial charge >= 0.3 is 0 Å². The van der Waals surface area contributed by atoms with E-state index in [1.54, 1.807) is 6.92 Å². The number of tetrazole rings is 1. The van der Waals surface area contributed by atoms with Crippen LogP contribution in [0.3, 0.4) is 0 Å². The third kappa shape index (κ3) is 1.60. The lowest BCUT2D eigenvalue weighted by Crippen LogP contribution is -2.26. The molecule has 1 atom stereocenters. The van der Waals surface area contributed by atoms with Gasteiger partial charge in [-0.1, -0.05) is 0 Å². The van der Waals surface area contributed by atoms with Crippen molar-refractivity contribution in [1.29, 1.82) is 0 Å². The molecule has 78 valence electrons. The van der Waals surface area contributed by atoms with Gasteiger partial charge in [-0.2, -0.15) is 0 Å². The molecule has 2 rings (SSSR count). The summed E-state index contributed by atoms with van der Waals surface area (Å²) in [7, 11) is 0. The van der Waals surface area contributed by atoms with Crippen LogP contribution in [0.25, 0.3) is 0 Å². The summed E-state index contributed by atoms with van der Waals surface area (Å²) in [6.45, 7) is 1.94. The molecule has 0 bridgehead atoms. The molecule has 1 aromatic heterocycles. The molecule has 6 heteroatoms. The monoisotopic (exact) mass is 202 g/mol. The Morgan fingerprint density at radius 1 is 1.57 bits per heavy atom. The minimum Gasteiger partial charge on any atom is -0.229 e. The number of alkyl halides is 2. The number of aromatic nitrogens is 4. The molecule has 0 aliphatic heterocycles. The molecule has 0 amide bonds.